The Labute approximate surface area is 185 Å². The highest BCUT2D eigenvalue weighted by molar-refractivity contribution is 9.10. The molecule has 0 saturated carbocycles. The number of nitrogens with one attached hydrogen (secondary N) is 2. The topological polar surface area (TPSA) is 83.7 Å². The number of nitrogens with zero attached hydrogens (tertiary/aromatic N) is 1. The number of hydrogen-bond donors (Lipinski definition) is 2. The molecule has 0 atom stereocenters. The van der Waals surface area contributed by atoms with Crippen molar-refractivity contribution in [1.29, 1.82) is 0 Å². The monoisotopic (exact) mass is 493 g/mol. The first-order valence-electron chi connectivity index (χ1n) is 8.34. The minimum absolute atomic E-state index is 0.218. The first-order chi connectivity index (χ1) is 13.9. The van der Waals surface area contributed by atoms with Crippen LogP contribution in [-0.2, 0) is 4.79 Å². The Morgan fingerprint density at radius 3 is 2.62 bits per heavy atom. The molecule has 148 valence electrons. The molecule has 3 aromatic rings. The molecule has 0 unspecified atom stereocenters. The van der Waals surface area contributed by atoms with E-state index in [0.717, 1.165) is 5.56 Å². The number of carbonyl (C=O) groups excluding carboxylic acids is 2. The lowest BCUT2D eigenvalue weighted by atomic mass is 10.2. The molecule has 0 bridgehead atoms. The number of hydrogen-bond acceptors (Lipinski definition) is 4. The summed E-state index contributed by atoms with van der Waals surface area (Å²) in [7, 11) is 0. The quantitative estimate of drug-likeness (QED) is 0.377. The molecule has 2 N–H and O–H groups in total. The highest BCUT2D eigenvalue weighted by atomic mass is 79.9. The molecule has 0 aliphatic heterocycles. The number of rotatable bonds is 6. The molecule has 1 heterocycles. The van der Waals surface area contributed by atoms with Crippen LogP contribution in [0.25, 0.3) is 11.3 Å². The largest absolute Gasteiger partial charge is 0.455 e. The summed E-state index contributed by atoms with van der Waals surface area (Å²) < 4.78 is 6.28. The van der Waals surface area contributed by atoms with Gasteiger partial charge in [0, 0.05) is 10.0 Å². The summed E-state index contributed by atoms with van der Waals surface area (Å²) in [6.45, 7) is -0.218. The van der Waals surface area contributed by atoms with Crippen molar-refractivity contribution < 1.29 is 14.0 Å². The van der Waals surface area contributed by atoms with Crippen LogP contribution in [0.2, 0.25) is 10.0 Å². The summed E-state index contributed by atoms with van der Waals surface area (Å²) in [5, 5.41) is 7.22. The smallest absolute Gasteiger partial charge is 0.259 e. The third kappa shape index (κ3) is 5.69. The van der Waals surface area contributed by atoms with E-state index in [4.69, 9.17) is 27.6 Å². The number of carbonyl (C=O) groups is 2. The molecule has 2 aromatic carbocycles. The molecule has 0 aliphatic carbocycles. The Morgan fingerprint density at radius 1 is 1.07 bits per heavy atom. The summed E-state index contributed by atoms with van der Waals surface area (Å²) in [5.41, 5.74) is 3.52. The second-order valence-corrected chi connectivity index (χ2v) is 7.46. The van der Waals surface area contributed by atoms with Crippen molar-refractivity contribution in [3.63, 3.8) is 0 Å². The molecule has 0 fully saturated rings. The van der Waals surface area contributed by atoms with Gasteiger partial charge < -0.3 is 9.73 Å². The van der Waals surface area contributed by atoms with E-state index in [-0.39, 0.29) is 12.5 Å². The number of benzene rings is 2. The van der Waals surface area contributed by atoms with Crippen LogP contribution in [0.3, 0.4) is 0 Å². The van der Waals surface area contributed by atoms with Crippen molar-refractivity contribution in [2.45, 2.75) is 0 Å². The van der Waals surface area contributed by atoms with Gasteiger partial charge in [0.2, 0.25) is 0 Å². The van der Waals surface area contributed by atoms with E-state index >= 15 is 0 Å². The van der Waals surface area contributed by atoms with Crippen LogP contribution in [0.15, 0.2) is 68.6 Å². The maximum atomic E-state index is 12.1. The standard InChI is InChI=1S/C20H14BrCl2N3O3/c21-15-4-2-1-3-14(15)20(28)24-11-19(27)26-25-10-13-6-8-18(29-13)12-5-7-16(22)17(23)9-12/h1-10H,11H2,(H,24,28)(H,26,27)/b25-10+. The van der Waals surface area contributed by atoms with Crippen molar-refractivity contribution in [3.8, 4) is 11.3 Å². The first kappa shape index (κ1) is 21.1. The van der Waals surface area contributed by atoms with Gasteiger partial charge in [0.1, 0.15) is 11.5 Å². The van der Waals surface area contributed by atoms with Crippen LogP contribution in [0.1, 0.15) is 16.1 Å². The zero-order valence-corrected chi connectivity index (χ0v) is 17.9. The minimum Gasteiger partial charge on any atom is -0.455 e. The van der Waals surface area contributed by atoms with Crippen LogP contribution < -0.4 is 10.7 Å². The van der Waals surface area contributed by atoms with Crippen LogP contribution in [0.5, 0.6) is 0 Å². The Morgan fingerprint density at radius 2 is 1.86 bits per heavy atom. The fourth-order valence-electron chi connectivity index (χ4n) is 2.34. The van der Waals surface area contributed by atoms with E-state index in [1.807, 2.05) is 0 Å². The van der Waals surface area contributed by atoms with E-state index in [1.54, 1.807) is 54.6 Å². The fraction of sp³-hybridized carbons (Fsp3) is 0.0500. The zero-order valence-electron chi connectivity index (χ0n) is 14.8. The number of hydrazone groups is 1. The highest BCUT2D eigenvalue weighted by Crippen LogP contribution is 2.29. The molecule has 9 heteroatoms. The Bertz CT molecular complexity index is 1080. The van der Waals surface area contributed by atoms with Crippen LogP contribution >= 0.6 is 39.1 Å². The molecule has 0 saturated heterocycles. The Hall–Kier alpha value is -2.61. The number of furan rings is 1. The molecule has 0 spiro atoms. The van der Waals surface area contributed by atoms with Crippen LogP contribution in [-0.4, -0.2) is 24.6 Å². The first-order valence-corrected chi connectivity index (χ1v) is 9.89. The molecule has 2 amide bonds. The highest BCUT2D eigenvalue weighted by Gasteiger charge is 2.10. The lowest BCUT2D eigenvalue weighted by molar-refractivity contribution is -0.120. The van der Waals surface area contributed by atoms with Gasteiger partial charge in [-0.15, -0.1) is 0 Å². The summed E-state index contributed by atoms with van der Waals surface area (Å²) in [4.78, 5) is 23.9. The van der Waals surface area contributed by atoms with Gasteiger partial charge in [-0.3, -0.25) is 9.59 Å². The number of halogens is 3. The van der Waals surface area contributed by atoms with Crippen molar-refractivity contribution in [2.24, 2.45) is 5.10 Å². The van der Waals surface area contributed by atoms with E-state index < -0.39 is 5.91 Å². The SMILES string of the molecule is O=C(CNC(=O)c1ccccc1Br)N/N=C/c1ccc(-c2ccc(Cl)c(Cl)c2)o1. The van der Waals surface area contributed by atoms with E-state index in [2.05, 4.69) is 31.8 Å². The van der Waals surface area contributed by atoms with Crippen molar-refractivity contribution >= 4 is 57.2 Å². The van der Waals surface area contributed by atoms with Gasteiger partial charge in [-0.1, -0.05) is 35.3 Å². The zero-order chi connectivity index (χ0) is 20.8. The van der Waals surface area contributed by atoms with Crippen molar-refractivity contribution in [1.82, 2.24) is 10.7 Å². The molecule has 29 heavy (non-hydrogen) atoms. The average molecular weight is 495 g/mol. The van der Waals surface area contributed by atoms with E-state index in [0.29, 0.717) is 31.6 Å². The molecule has 3 rings (SSSR count). The van der Waals surface area contributed by atoms with Crippen molar-refractivity contribution in [3.05, 3.63) is 80.4 Å². The molecule has 6 nitrogen and oxygen atoms in total. The predicted octanol–water partition coefficient (Wildman–Crippen LogP) is 4.90. The molecule has 1 aromatic heterocycles. The normalized spacial score (nSPS) is 10.9. The molecular formula is C20H14BrCl2N3O3. The second kappa shape index (κ2) is 9.73. The third-order valence-corrected chi connectivity index (χ3v) is 5.17. The van der Waals surface area contributed by atoms with Gasteiger partial charge in [-0.05, 0) is 58.4 Å². The van der Waals surface area contributed by atoms with Crippen LogP contribution in [0.4, 0.5) is 0 Å². The molecule has 0 radical (unpaired) electrons. The van der Waals surface area contributed by atoms with Gasteiger partial charge in [0.05, 0.1) is 28.4 Å². The fourth-order valence-corrected chi connectivity index (χ4v) is 3.10. The van der Waals surface area contributed by atoms with E-state index in [9.17, 15) is 9.59 Å². The molecule has 0 aliphatic rings. The average Bonchev–Trinajstić information content (AvgIpc) is 3.17. The summed E-state index contributed by atoms with van der Waals surface area (Å²) >= 11 is 15.2. The minimum atomic E-state index is -0.474. The van der Waals surface area contributed by atoms with Crippen molar-refractivity contribution in [2.75, 3.05) is 6.54 Å². The van der Waals surface area contributed by atoms with Crippen LogP contribution in [0, 0.1) is 0 Å². The maximum absolute atomic E-state index is 12.1. The molecular weight excluding hydrogens is 481 g/mol. The lowest BCUT2D eigenvalue weighted by Crippen LogP contribution is -2.35. The van der Waals surface area contributed by atoms with E-state index in [1.165, 1.54) is 6.21 Å². The maximum Gasteiger partial charge on any atom is 0.259 e. The Balaban J connectivity index is 1.51. The Kier molecular flexibility index (Phi) is 7.09. The van der Waals surface area contributed by atoms with Gasteiger partial charge in [-0.2, -0.15) is 5.10 Å². The van der Waals surface area contributed by atoms with Gasteiger partial charge >= 0.3 is 0 Å². The summed E-state index contributed by atoms with van der Waals surface area (Å²) in [5.74, 6) is 0.174. The second-order valence-electron chi connectivity index (χ2n) is 5.79. The predicted molar refractivity (Wildman–Crippen MR) is 116 cm³/mol. The van der Waals surface area contributed by atoms with Gasteiger partial charge in [0.15, 0.2) is 0 Å². The summed E-state index contributed by atoms with van der Waals surface area (Å²) in [6.07, 6.45) is 1.36. The number of amides is 2. The van der Waals surface area contributed by atoms with Gasteiger partial charge in [0.25, 0.3) is 11.8 Å². The summed E-state index contributed by atoms with van der Waals surface area (Å²) in [6, 6.07) is 15.5. The third-order valence-electron chi connectivity index (χ3n) is 3.74. The van der Waals surface area contributed by atoms with Gasteiger partial charge in [-0.25, -0.2) is 5.43 Å². The lowest BCUT2D eigenvalue weighted by Gasteiger charge is -2.05.